The minimum atomic E-state index is -5.70. The van der Waals surface area contributed by atoms with Crippen LogP contribution in [0.25, 0.3) is 0 Å². The summed E-state index contributed by atoms with van der Waals surface area (Å²) < 4.78 is 85.0. The van der Waals surface area contributed by atoms with Crippen molar-refractivity contribution in [3.8, 4) is 0 Å². The standard InChI is InChI=1S/C19H22F6N4/c1-3-28-15-7-5-11(9-13(15)26)17(18(20,21)22,19(23,24)25)12-6-8-16(29-4-2)14(27)10-12/h5-10,28-29H,3-4,26-27H2,1-2H3. The number of anilines is 4. The highest BCUT2D eigenvalue weighted by Gasteiger charge is 2.72. The van der Waals surface area contributed by atoms with Gasteiger partial charge in [0.15, 0.2) is 0 Å². The van der Waals surface area contributed by atoms with E-state index >= 15 is 0 Å². The van der Waals surface area contributed by atoms with Crippen molar-refractivity contribution in [2.24, 2.45) is 0 Å². The van der Waals surface area contributed by atoms with Crippen molar-refractivity contribution >= 4 is 22.7 Å². The summed E-state index contributed by atoms with van der Waals surface area (Å²) in [5.74, 6) is 0. The van der Waals surface area contributed by atoms with Crippen LogP contribution in [0.5, 0.6) is 0 Å². The van der Waals surface area contributed by atoms with E-state index in [0.717, 1.165) is 24.3 Å². The zero-order valence-electron chi connectivity index (χ0n) is 15.8. The van der Waals surface area contributed by atoms with Gasteiger partial charge in [0.05, 0.1) is 22.7 Å². The van der Waals surface area contributed by atoms with E-state index in [1.807, 2.05) is 0 Å². The topological polar surface area (TPSA) is 76.1 Å². The van der Waals surface area contributed by atoms with Crippen molar-refractivity contribution < 1.29 is 26.3 Å². The van der Waals surface area contributed by atoms with Crippen LogP contribution in [0.1, 0.15) is 25.0 Å². The Balaban J connectivity index is 2.84. The first kappa shape index (κ1) is 22.5. The first-order chi connectivity index (χ1) is 13.4. The minimum absolute atomic E-state index is 0.223. The summed E-state index contributed by atoms with van der Waals surface area (Å²) in [6, 6.07) is 5.18. The zero-order valence-corrected chi connectivity index (χ0v) is 15.8. The van der Waals surface area contributed by atoms with Gasteiger partial charge >= 0.3 is 12.4 Å². The molecule has 0 amide bonds. The highest BCUT2D eigenvalue weighted by Crippen LogP contribution is 2.57. The second-order valence-electron chi connectivity index (χ2n) is 6.41. The second-order valence-corrected chi connectivity index (χ2v) is 6.41. The molecule has 0 bridgehead atoms. The van der Waals surface area contributed by atoms with Crippen molar-refractivity contribution in [1.29, 1.82) is 0 Å². The summed E-state index contributed by atoms with van der Waals surface area (Å²) >= 11 is 0. The van der Waals surface area contributed by atoms with Crippen LogP contribution in [0, 0.1) is 0 Å². The van der Waals surface area contributed by atoms with Gasteiger partial charge in [-0.25, -0.2) is 0 Å². The van der Waals surface area contributed by atoms with E-state index in [-0.39, 0.29) is 22.7 Å². The first-order valence-electron chi connectivity index (χ1n) is 8.81. The summed E-state index contributed by atoms with van der Waals surface area (Å²) in [6.07, 6.45) is -11.4. The van der Waals surface area contributed by atoms with Gasteiger partial charge in [-0.2, -0.15) is 26.3 Å². The molecule has 2 rings (SSSR count). The van der Waals surface area contributed by atoms with Crippen LogP contribution < -0.4 is 22.1 Å². The van der Waals surface area contributed by atoms with E-state index in [2.05, 4.69) is 10.6 Å². The molecule has 10 heteroatoms. The predicted octanol–water partition coefficient (Wildman–Crippen LogP) is 5.13. The molecule has 29 heavy (non-hydrogen) atoms. The molecule has 0 aliphatic rings. The second kappa shape index (κ2) is 7.92. The summed E-state index contributed by atoms with van der Waals surface area (Å²) in [4.78, 5) is 0. The van der Waals surface area contributed by atoms with Gasteiger partial charge in [-0.05, 0) is 49.2 Å². The lowest BCUT2D eigenvalue weighted by Crippen LogP contribution is -2.54. The van der Waals surface area contributed by atoms with Crippen molar-refractivity contribution in [3.63, 3.8) is 0 Å². The Labute approximate surface area is 164 Å². The van der Waals surface area contributed by atoms with Gasteiger partial charge in [0, 0.05) is 13.1 Å². The predicted molar refractivity (Wildman–Crippen MR) is 103 cm³/mol. The molecule has 0 heterocycles. The third-order valence-electron chi connectivity index (χ3n) is 4.55. The average molecular weight is 420 g/mol. The summed E-state index contributed by atoms with van der Waals surface area (Å²) in [5.41, 5.74) is 5.15. The maximum Gasteiger partial charge on any atom is 0.411 e. The first-order valence-corrected chi connectivity index (χ1v) is 8.81. The van der Waals surface area contributed by atoms with Crippen molar-refractivity contribution in [2.45, 2.75) is 31.6 Å². The molecule has 0 radical (unpaired) electrons. The fourth-order valence-corrected chi connectivity index (χ4v) is 3.28. The number of halogens is 6. The molecule has 0 aromatic heterocycles. The smallest absolute Gasteiger partial charge is 0.397 e. The Hall–Kier alpha value is -2.78. The monoisotopic (exact) mass is 420 g/mol. The number of nitrogens with two attached hydrogens (primary N) is 2. The molecule has 0 saturated carbocycles. The lowest BCUT2D eigenvalue weighted by atomic mass is 9.72. The van der Waals surface area contributed by atoms with Crippen molar-refractivity contribution in [1.82, 2.24) is 0 Å². The Morgan fingerprint density at radius 1 is 0.690 bits per heavy atom. The van der Waals surface area contributed by atoms with Crippen LogP contribution in [0.3, 0.4) is 0 Å². The molecule has 0 aliphatic carbocycles. The van der Waals surface area contributed by atoms with Crippen molar-refractivity contribution in [2.75, 3.05) is 35.2 Å². The Morgan fingerprint density at radius 3 is 1.28 bits per heavy atom. The molecule has 0 saturated heterocycles. The normalized spacial score (nSPS) is 12.7. The molecule has 0 spiro atoms. The third-order valence-corrected chi connectivity index (χ3v) is 4.55. The quantitative estimate of drug-likeness (QED) is 0.386. The van der Waals surface area contributed by atoms with Crippen molar-refractivity contribution in [3.05, 3.63) is 47.5 Å². The average Bonchev–Trinajstić information content (AvgIpc) is 2.58. The van der Waals surface area contributed by atoms with Crippen LogP contribution in [-0.2, 0) is 5.41 Å². The van der Waals surface area contributed by atoms with Crippen LogP contribution in [-0.4, -0.2) is 25.4 Å². The molecule has 4 nitrogen and oxygen atoms in total. The van der Waals surface area contributed by atoms with Gasteiger partial charge in [0.1, 0.15) is 0 Å². The summed E-state index contributed by atoms with van der Waals surface area (Å²) in [7, 11) is 0. The fraction of sp³-hybridized carbons (Fsp3) is 0.368. The van der Waals surface area contributed by atoms with Gasteiger partial charge < -0.3 is 22.1 Å². The largest absolute Gasteiger partial charge is 0.411 e. The minimum Gasteiger partial charge on any atom is -0.397 e. The molecule has 2 aromatic carbocycles. The fourth-order valence-electron chi connectivity index (χ4n) is 3.28. The Kier molecular flexibility index (Phi) is 6.15. The summed E-state index contributed by atoms with van der Waals surface area (Å²) in [6.45, 7) is 4.24. The van der Waals surface area contributed by atoms with Gasteiger partial charge in [-0.15, -0.1) is 0 Å². The van der Waals surface area contributed by atoms with E-state index in [4.69, 9.17) is 11.5 Å². The molecule has 6 N–H and O–H groups in total. The molecule has 2 aromatic rings. The molecule has 0 fully saturated rings. The van der Waals surface area contributed by atoms with E-state index in [9.17, 15) is 26.3 Å². The van der Waals surface area contributed by atoms with E-state index < -0.39 is 28.9 Å². The molecular formula is C19H22F6N4. The van der Waals surface area contributed by atoms with Gasteiger partial charge in [-0.1, -0.05) is 12.1 Å². The Morgan fingerprint density at radius 2 is 1.03 bits per heavy atom. The number of nitrogens with one attached hydrogen (secondary N) is 2. The van der Waals surface area contributed by atoms with Crippen LogP contribution in [0.2, 0.25) is 0 Å². The van der Waals surface area contributed by atoms with Gasteiger partial charge in [-0.3, -0.25) is 0 Å². The SMILES string of the molecule is CCNc1ccc(C(c2ccc(NCC)c(N)c2)(C(F)(F)F)C(F)(F)F)cc1N. The maximum absolute atomic E-state index is 14.2. The lowest BCUT2D eigenvalue weighted by Gasteiger charge is -2.38. The highest BCUT2D eigenvalue weighted by molar-refractivity contribution is 5.71. The van der Waals surface area contributed by atoms with E-state index in [0.29, 0.717) is 25.2 Å². The molecule has 0 unspecified atom stereocenters. The molecule has 0 atom stereocenters. The van der Waals surface area contributed by atoms with Crippen LogP contribution >= 0.6 is 0 Å². The van der Waals surface area contributed by atoms with E-state index in [1.54, 1.807) is 13.8 Å². The number of hydrogen-bond donors (Lipinski definition) is 4. The number of hydrogen-bond acceptors (Lipinski definition) is 4. The zero-order chi connectivity index (χ0) is 22.0. The number of benzene rings is 2. The Bertz CT molecular complexity index is 789. The molecule has 160 valence electrons. The highest BCUT2D eigenvalue weighted by atomic mass is 19.4. The lowest BCUT2D eigenvalue weighted by molar-refractivity contribution is -0.288. The third kappa shape index (κ3) is 3.88. The van der Waals surface area contributed by atoms with Gasteiger partial charge in [0.25, 0.3) is 0 Å². The summed E-state index contributed by atoms with van der Waals surface area (Å²) in [5, 5.41) is 5.57. The molecular weight excluding hydrogens is 398 g/mol. The van der Waals surface area contributed by atoms with Crippen LogP contribution in [0.4, 0.5) is 49.1 Å². The molecule has 0 aliphatic heterocycles. The number of nitrogen functional groups attached to an aromatic ring is 2. The number of rotatable bonds is 6. The van der Waals surface area contributed by atoms with Crippen LogP contribution in [0.15, 0.2) is 36.4 Å². The number of alkyl halides is 6. The van der Waals surface area contributed by atoms with Gasteiger partial charge in [0.2, 0.25) is 5.41 Å². The maximum atomic E-state index is 14.2. The van der Waals surface area contributed by atoms with E-state index in [1.165, 1.54) is 0 Å².